The van der Waals surface area contributed by atoms with Gasteiger partial charge in [0.15, 0.2) is 0 Å². The third-order valence-corrected chi connectivity index (χ3v) is 4.88. The summed E-state index contributed by atoms with van der Waals surface area (Å²) < 4.78 is 0. The Morgan fingerprint density at radius 1 is 1.07 bits per heavy atom. The van der Waals surface area contributed by atoms with Gasteiger partial charge in [-0.2, -0.15) is 0 Å². The van der Waals surface area contributed by atoms with Gasteiger partial charge in [-0.3, -0.25) is 4.79 Å². The van der Waals surface area contributed by atoms with Crippen LogP contribution in [0.25, 0.3) is 10.8 Å². The number of fused-ring (bicyclic) bond motifs is 1. The number of hydrogen-bond acceptors (Lipinski definition) is 2. The van der Waals surface area contributed by atoms with E-state index in [0.29, 0.717) is 6.54 Å². The van der Waals surface area contributed by atoms with Gasteiger partial charge in [-0.15, -0.1) is 0 Å². The summed E-state index contributed by atoms with van der Waals surface area (Å²) in [7, 11) is 0. The summed E-state index contributed by atoms with van der Waals surface area (Å²) in [6, 6.07) is 22.9. The largest absolute Gasteiger partial charge is 0.480 e. The van der Waals surface area contributed by atoms with Crippen LogP contribution in [0.1, 0.15) is 43.5 Å². The maximum Gasteiger partial charge on any atom is 0.321 e. The Kier molecular flexibility index (Phi) is 5.82. The lowest BCUT2D eigenvalue weighted by Gasteiger charge is -2.17. The summed E-state index contributed by atoms with van der Waals surface area (Å²) in [5, 5.41) is 15.3. The first-order chi connectivity index (χ1) is 13.4. The lowest BCUT2D eigenvalue weighted by molar-refractivity contribution is -0.143. The standard InChI is InChI=1S/C25H25NO2/c1-18(22-13-7-11-21-10-4-5-12-23(21)22)26-17-20-9-6-8-19(16-20)14-15-25(2,3)24(27)28/h4-13,16,18,26H,17H2,1-3H3,(H,27,28). The molecular weight excluding hydrogens is 346 g/mol. The minimum atomic E-state index is -1.06. The molecule has 0 heterocycles. The van der Waals surface area contributed by atoms with Crippen LogP contribution in [-0.4, -0.2) is 11.1 Å². The van der Waals surface area contributed by atoms with Gasteiger partial charge in [-0.05, 0) is 54.8 Å². The maximum absolute atomic E-state index is 11.2. The smallest absolute Gasteiger partial charge is 0.321 e. The van der Waals surface area contributed by atoms with Crippen LogP contribution in [0.4, 0.5) is 0 Å². The normalized spacial score (nSPS) is 12.2. The molecule has 3 aromatic rings. The lowest BCUT2D eigenvalue weighted by atomic mass is 9.94. The highest BCUT2D eigenvalue weighted by Crippen LogP contribution is 2.24. The van der Waals surface area contributed by atoms with E-state index in [0.717, 1.165) is 11.1 Å². The zero-order valence-electron chi connectivity index (χ0n) is 16.5. The van der Waals surface area contributed by atoms with Gasteiger partial charge >= 0.3 is 5.97 Å². The van der Waals surface area contributed by atoms with Crippen LogP contribution < -0.4 is 5.32 Å². The molecule has 3 aromatic carbocycles. The Balaban J connectivity index is 1.73. The van der Waals surface area contributed by atoms with E-state index < -0.39 is 11.4 Å². The summed E-state index contributed by atoms with van der Waals surface area (Å²) in [6.07, 6.45) is 0. The van der Waals surface area contributed by atoms with Crippen molar-refractivity contribution in [1.82, 2.24) is 5.32 Å². The van der Waals surface area contributed by atoms with Gasteiger partial charge in [-0.25, -0.2) is 0 Å². The lowest BCUT2D eigenvalue weighted by Crippen LogP contribution is -2.21. The van der Waals surface area contributed by atoms with Gasteiger partial charge in [-0.1, -0.05) is 66.4 Å². The number of nitrogens with one attached hydrogen (secondary N) is 1. The summed E-state index contributed by atoms with van der Waals surface area (Å²) in [5.41, 5.74) is 2.16. The molecule has 3 heteroatoms. The van der Waals surface area contributed by atoms with Crippen LogP contribution >= 0.6 is 0 Å². The number of aliphatic carboxylic acids is 1. The summed E-state index contributed by atoms with van der Waals surface area (Å²) in [6.45, 7) is 6.10. The fraction of sp³-hybridized carbons (Fsp3) is 0.240. The molecule has 1 atom stereocenters. The molecule has 1 unspecified atom stereocenters. The fourth-order valence-corrected chi connectivity index (χ4v) is 3.05. The number of hydrogen-bond donors (Lipinski definition) is 2. The van der Waals surface area contributed by atoms with E-state index in [-0.39, 0.29) is 6.04 Å². The molecule has 0 aliphatic rings. The molecule has 0 radical (unpaired) electrons. The quantitative estimate of drug-likeness (QED) is 0.610. The van der Waals surface area contributed by atoms with Gasteiger partial charge in [0, 0.05) is 18.2 Å². The third-order valence-electron chi connectivity index (χ3n) is 4.88. The van der Waals surface area contributed by atoms with E-state index in [1.165, 1.54) is 16.3 Å². The molecule has 0 amide bonds. The van der Waals surface area contributed by atoms with Crippen molar-refractivity contribution < 1.29 is 9.90 Å². The first kappa shape index (κ1) is 19.7. The summed E-state index contributed by atoms with van der Waals surface area (Å²) in [4.78, 5) is 11.2. The molecule has 0 aromatic heterocycles. The Morgan fingerprint density at radius 3 is 2.57 bits per heavy atom. The van der Waals surface area contributed by atoms with Crippen LogP contribution in [0.3, 0.4) is 0 Å². The molecule has 142 valence electrons. The van der Waals surface area contributed by atoms with E-state index in [1.807, 2.05) is 18.2 Å². The van der Waals surface area contributed by atoms with E-state index in [4.69, 9.17) is 0 Å². The van der Waals surface area contributed by atoms with Crippen molar-refractivity contribution in [3.8, 4) is 11.8 Å². The second-order valence-corrected chi connectivity index (χ2v) is 7.55. The summed E-state index contributed by atoms with van der Waals surface area (Å²) >= 11 is 0. The minimum absolute atomic E-state index is 0.201. The molecule has 28 heavy (non-hydrogen) atoms. The molecule has 0 aliphatic heterocycles. The van der Waals surface area contributed by atoms with Crippen LogP contribution in [0.5, 0.6) is 0 Å². The molecule has 0 aliphatic carbocycles. The number of rotatable bonds is 5. The van der Waals surface area contributed by atoms with Crippen LogP contribution in [0, 0.1) is 17.3 Å². The molecule has 0 fully saturated rings. The fourth-order valence-electron chi connectivity index (χ4n) is 3.05. The van der Waals surface area contributed by atoms with Gasteiger partial charge in [0.05, 0.1) is 0 Å². The number of carboxylic acid groups (broad SMARTS) is 1. The predicted molar refractivity (Wildman–Crippen MR) is 114 cm³/mol. The molecule has 3 rings (SSSR count). The van der Waals surface area contributed by atoms with Crippen molar-refractivity contribution >= 4 is 16.7 Å². The van der Waals surface area contributed by atoms with Gasteiger partial charge < -0.3 is 10.4 Å². The molecule has 3 nitrogen and oxygen atoms in total. The topological polar surface area (TPSA) is 49.3 Å². The second-order valence-electron chi connectivity index (χ2n) is 7.55. The number of carbonyl (C=O) groups is 1. The average molecular weight is 371 g/mol. The van der Waals surface area contributed by atoms with Crippen LogP contribution in [0.15, 0.2) is 66.7 Å². The Labute approximate surface area is 166 Å². The molecule has 0 saturated carbocycles. The molecule has 0 spiro atoms. The van der Waals surface area contributed by atoms with Gasteiger partial charge in [0.25, 0.3) is 0 Å². The average Bonchev–Trinajstić information content (AvgIpc) is 2.70. The van der Waals surface area contributed by atoms with Crippen molar-refractivity contribution in [2.75, 3.05) is 0 Å². The SMILES string of the molecule is CC(NCc1cccc(C#CC(C)(C)C(=O)O)c1)c1cccc2ccccc12. The Morgan fingerprint density at radius 2 is 1.79 bits per heavy atom. The Hall–Kier alpha value is -3.09. The molecule has 0 bridgehead atoms. The zero-order chi connectivity index (χ0) is 20.1. The van der Waals surface area contributed by atoms with Crippen molar-refractivity contribution in [2.24, 2.45) is 5.41 Å². The van der Waals surface area contributed by atoms with Crippen molar-refractivity contribution in [3.63, 3.8) is 0 Å². The maximum atomic E-state index is 11.2. The molecule has 0 saturated heterocycles. The van der Waals surface area contributed by atoms with Crippen LogP contribution in [0.2, 0.25) is 0 Å². The third kappa shape index (κ3) is 4.60. The molecule has 2 N–H and O–H groups in total. The number of carboxylic acids is 1. The highest BCUT2D eigenvalue weighted by Gasteiger charge is 2.23. The predicted octanol–water partition coefficient (Wildman–Crippen LogP) is 5.15. The first-order valence-corrected chi connectivity index (χ1v) is 9.43. The van der Waals surface area contributed by atoms with E-state index >= 15 is 0 Å². The monoisotopic (exact) mass is 371 g/mol. The zero-order valence-corrected chi connectivity index (χ0v) is 16.5. The molecular formula is C25H25NO2. The summed E-state index contributed by atoms with van der Waals surface area (Å²) in [5.74, 6) is 4.92. The highest BCUT2D eigenvalue weighted by atomic mass is 16.4. The minimum Gasteiger partial charge on any atom is -0.480 e. The van der Waals surface area contributed by atoms with Gasteiger partial charge in [0.2, 0.25) is 0 Å². The first-order valence-electron chi connectivity index (χ1n) is 9.43. The van der Waals surface area contributed by atoms with E-state index in [2.05, 4.69) is 72.6 Å². The van der Waals surface area contributed by atoms with Gasteiger partial charge in [0.1, 0.15) is 5.41 Å². The second kappa shape index (κ2) is 8.29. The van der Waals surface area contributed by atoms with Crippen LogP contribution in [-0.2, 0) is 11.3 Å². The number of benzene rings is 3. The van der Waals surface area contributed by atoms with Crippen molar-refractivity contribution in [3.05, 3.63) is 83.4 Å². The van der Waals surface area contributed by atoms with Crippen molar-refractivity contribution in [2.45, 2.75) is 33.4 Å². The van der Waals surface area contributed by atoms with Crippen molar-refractivity contribution in [1.29, 1.82) is 0 Å². The van der Waals surface area contributed by atoms with E-state index in [9.17, 15) is 9.90 Å². The highest BCUT2D eigenvalue weighted by molar-refractivity contribution is 5.86. The Bertz CT molecular complexity index is 1050. The van der Waals surface area contributed by atoms with E-state index in [1.54, 1.807) is 13.8 Å².